The minimum Gasteiger partial charge on any atom is -0.247 e. The van der Waals surface area contributed by atoms with Gasteiger partial charge < -0.3 is 0 Å². The number of pyridine rings is 1. The Labute approximate surface area is 160 Å². The molecule has 10 heteroatoms. The first-order valence-corrected chi connectivity index (χ1v) is 10.8. The van der Waals surface area contributed by atoms with Crippen LogP contribution in [0.25, 0.3) is 22.7 Å². The van der Waals surface area contributed by atoms with E-state index >= 15 is 0 Å². The molecule has 0 radical (unpaired) electrons. The van der Waals surface area contributed by atoms with E-state index in [1.165, 1.54) is 4.52 Å². The third-order valence-electron chi connectivity index (χ3n) is 5.01. The second kappa shape index (κ2) is 6.06. The zero-order chi connectivity index (χ0) is 19.5. The van der Waals surface area contributed by atoms with Crippen molar-refractivity contribution >= 4 is 21.0 Å². The average molecular weight is 399 g/mol. The molecule has 8 nitrogen and oxygen atoms in total. The molecule has 0 aliphatic heterocycles. The van der Waals surface area contributed by atoms with E-state index in [0.29, 0.717) is 28.3 Å². The van der Waals surface area contributed by atoms with Crippen LogP contribution in [0.1, 0.15) is 36.9 Å². The number of nitrogens with zero attached hydrogens (tertiary/aromatic N) is 6. The molecule has 0 aromatic carbocycles. The van der Waals surface area contributed by atoms with Crippen LogP contribution in [0.4, 0.5) is 4.39 Å². The molecule has 4 aromatic rings. The van der Waals surface area contributed by atoms with Crippen molar-refractivity contribution in [3.8, 4) is 11.4 Å². The topological polar surface area (TPSA) is 101 Å². The lowest BCUT2D eigenvalue weighted by molar-refractivity contribution is 0.485. The van der Waals surface area contributed by atoms with Gasteiger partial charge in [-0.25, -0.2) is 32.4 Å². The zero-order valence-electron chi connectivity index (χ0n) is 15.2. The van der Waals surface area contributed by atoms with Gasteiger partial charge in [0.15, 0.2) is 22.1 Å². The average Bonchev–Trinajstić information content (AvgIpc) is 3.33. The molecule has 1 aliphatic rings. The molecule has 0 saturated heterocycles. The Kier molecular flexibility index (Phi) is 3.73. The molecule has 1 aliphatic carbocycles. The highest BCUT2D eigenvalue weighted by molar-refractivity contribution is 7.92. The Hall–Kier alpha value is -2.88. The van der Waals surface area contributed by atoms with Gasteiger partial charge in [-0.2, -0.15) is 5.10 Å². The summed E-state index contributed by atoms with van der Waals surface area (Å²) < 4.78 is 37.5. The SMILES string of the molecule is CCS(=N)(=O)c1nn2c(C3CC3)ccnc2c1-c1nc2cc(CF)ccn2n1. The first kappa shape index (κ1) is 17.2. The van der Waals surface area contributed by atoms with Crippen LogP contribution in [0, 0.1) is 4.78 Å². The number of hydrogen-bond donors (Lipinski definition) is 1. The van der Waals surface area contributed by atoms with E-state index in [1.54, 1.807) is 36.0 Å². The van der Waals surface area contributed by atoms with Crippen LogP contribution in [0.15, 0.2) is 35.6 Å². The summed E-state index contributed by atoms with van der Waals surface area (Å²) in [6.45, 7) is 1.10. The standard InChI is InChI=1S/C18H18FN7OS/c1-2-28(20,27)18-15(16-22-14-9-11(10-19)6-8-25(14)23-16)17-21-7-5-13(12-3-4-12)26(17)24-18/h5-9,12,20H,2-4,10H2,1H3. The number of hydrogen-bond acceptors (Lipinski definition) is 6. The molecule has 0 bridgehead atoms. The van der Waals surface area contributed by atoms with Gasteiger partial charge in [0.2, 0.25) is 0 Å². The lowest BCUT2D eigenvalue weighted by atomic mass is 10.2. The van der Waals surface area contributed by atoms with Crippen LogP contribution >= 0.6 is 0 Å². The fourth-order valence-corrected chi connectivity index (χ4v) is 4.31. The molecule has 1 fully saturated rings. The van der Waals surface area contributed by atoms with Crippen molar-refractivity contribution in [1.29, 1.82) is 4.78 Å². The molecule has 0 amide bonds. The van der Waals surface area contributed by atoms with E-state index < -0.39 is 16.4 Å². The van der Waals surface area contributed by atoms with Gasteiger partial charge in [0.05, 0.1) is 9.73 Å². The predicted molar refractivity (Wildman–Crippen MR) is 101 cm³/mol. The lowest BCUT2D eigenvalue weighted by Crippen LogP contribution is -2.05. The van der Waals surface area contributed by atoms with Crippen molar-refractivity contribution in [2.45, 2.75) is 37.4 Å². The van der Waals surface area contributed by atoms with Gasteiger partial charge in [0, 0.05) is 29.8 Å². The van der Waals surface area contributed by atoms with Crippen LogP contribution in [0.2, 0.25) is 0 Å². The molecule has 1 saturated carbocycles. The van der Waals surface area contributed by atoms with Gasteiger partial charge in [-0.3, -0.25) is 0 Å². The quantitative estimate of drug-likeness (QED) is 0.555. The Morgan fingerprint density at radius 3 is 2.86 bits per heavy atom. The molecule has 28 heavy (non-hydrogen) atoms. The third-order valence-corrected chi connectivity index (χ3v) is 6.73. The van der Waals surface area contributed by atoms with Crippen LogP contribution in [-0.2, 0) is 16.4 Å². The Bertz CT molecular complexity index is 1320. The van der Waals surface area contributed by atoms with E-state index in [-0.39, 0.29) is 16.6 Å². The largest absolute Gasteiger partial charge is 0.247 e. The molecule has 5 rings (SSSR count). The Morgan fingerprint density at radius 1 is 1.32 bits per heavy atom. The molecule has 1 atom stereocenters. The number of alkyl halides is 1. The van der Waals surface area contributed by atoms with Crippen molar-refractivity contribution in [2.75, 3.05) is 5.75 Å². The highest BCUT2D eigenvalue weighted by atomic mass is 32.2. The van der Waals surface area contributed by atoms with Crippen molar-refractivity contribution in [2.24, 2.45) is 0 Å². The fraction of sp³-hybridized carbons (Fsp3) is 0.333. The smallest absolute Gasteiger partial charge is 0.188 e. The summed E-state index contributed by atoms with van der Waals surface area (Å²) in [6, 6.07) is 5.15. The Balaban J connectivity index is 1.82. The summed E-state index contributed by atoms with van der Waals surface area (Å²) in [5, 5.41) is 9.15. The summed E-state index contributed by atoms with van der Waals surface area (Å²) in [7, 11) is -3.13. The van der Waals surface area contributed by atoms with Gasteiger partial charge in [0.1, 0.15) is 12.2 Å². The summed E-state index contributed by atoms with van der Waals surface area (Å²) in [6.07, 6.45) is 5.48. The number of halogens is 1. The number of fused-ring (bicyclic) bond motifs is 2. The monoisotopic (exact) mass is 399 g/mol. The normalized spacial score (nSPS) is 16.6. The van der Waals surface area contributed by atoms with Crippen molar-refractivity contribution < 1.29 is 8.60 Å². The maximum atomic E-state index is 13.0. The van der Waals surface area contributed by atoms with Crippen LogP contribution < -0.4 is 0 Å². The second-order valence-electron chi connectivity index (χ2n) is 6.93. The Morgan fingerprint density at radius 2 is 2.14 bits per heavy atom. The molecule has 4 heterocycles. The maximum absolute atomic E-state index is 13.0. The molecule has 1 unspecified atom stereocenters. The minimum absolute atomic E-state index is 0.127. The number of rotatable bonds is 5. The molecular formula is C18H18FN7OS. The van der Waals surface area contributed by atoms with Gasteiger partial charge in [-0.05, 0) is 36.6 Å². The second-order valence-corrected chi connectivity index (χ2v) is 9.24. The predicted octanol–water partition coefficient (Wildman–Crippen LogP) is 3.21. The highest BCUT2D eigenvalue weighted by Crippen LogP contribution is 2.41. The van der Waals surface area contributed by atoms with Gasteiger partial charge in [-0.15, -0.1) is 5.10 Å². The van der Waals surface area contributed by atoms with E-state index in [9.17, 15) is 8.60 Å². The lowest BCUT2D eigenvalue weighted by Gasteiger charge is -2.01. The van der Waals surface area contributed by atoms with E-state index in [1.807, 2.05) is 6.07 Å². The molecular weight excluding hydrogens is 381 g/mol. The van der Waals surface area contributed by atoms with Gasteiger partial charge in [-0.1, -0.05) is 6.92 Å². The number of aromatic nitrogens is 6. The maximum Gasteiger partial charge on any atom is 0.188 e. The zero-order valence-corrected chi connectivity index (χ0v) is 16.0. The first-order valence-electron chi connectivity index (χ1n) is 9.07. The van der Waals surface area contributed by atoms with Crippen molar-refractivity contribution in [3.63, 3.8) is 0 Å². The molecule has 4 aromatic heterocycles. The van der Waals surface area contributed by atoms with Crippen LogP contribution in [-0.4, -0.2) is 39.2 Å². The van der Waals surface area contributed by atoms with Crippen LogP contribution in [0.3, 0.4) is 0 Å². The van der Waals surface area contributed by atoms with Gasteiger partial charge >= 0.3 is 0 Å². The first-order chi connectivity index (χ1) is 13.5. The third kappa shape index (κ3) is 2.59. The summed E-state index contributed by atoms with van der Waals surface area (Å²) in [5.41, 5.74) is 2.87. The number of nitrogens with one attached hydrogen (secondary N) is 1. The van der Waals surface area contributed by atoms with E-state index in [4.69, 9.17) is 4.78 Å². The van der Waals surface area contributed by atoms with E-state index in [0.717, 1.165) is 18.5 Å². The molecule has 1 N–H and O–H groups in total. The van der Waals surface area contributed by atoms with E-state index in [2.05, 4.69) is 20.2 Å². The van der Waals surface area contributed by atoms with Crippen molar-refractivity contribution in [1.82, 2.24) is 29.2 Å². The molecule has 0 spiro atoms. The fourth-order valence-electron chi connectivity index (χ4n) is 3.31. The summed E-state index contributed by atoms with van der Waals surface area (Å²) in [4.78, 5) is 8.94. The van der Waals surface area contributed by atoms with Crippen LogP contribution in [0.5, 0.6) is 0 Å². The summed E-state index contributed by atoms with van der Waals surface area (Å²) >= 11 is 0. The van der Waals surface area contributed by atoms with Crippen molar-refractivity contribution in [3.05, 3.63) is 41.9 Å². The summed E-state index contributed by atoms with van der Waals surface area (Å²) in [5.74, 6) is 0.813. The molecule has 144 valence electrons. The van der Waals surface area contributed by atoms with Gasteiger partial charge in [0.25, 0.3) is 0 Å². The minimum atomic E-state index is -3.13. The highest BCUT2D eigenvalue weighted by Gasteiger charge is 2.31.